The van der Waals surface area contributed by atoms with Gasteiger partial charge < -0.3 is 4.74 Å². The van der Waals surface area contributed by atoms with Crippen molar-refractivity contribution in [1.82, 2.24) is 9.88 Å². The summed E-state index contributed by atoms with van der Waals surface area (Å²) in [4.78, 5) is 22.5. The highest BCUT2D eigenvalue weighted by Gasteiger charge is 2.24. The van der Waals surface area contributed by atoms with Crippen LogP contribution in [0.3, 0.4) is 0 Å². The highest BCUT2D eigenvalue weighted by atomic mass is 79.9. The topological polar surface area (TPSA) is 45.7 Å². The Balaban J connectivity index is 0.00000272. The van der Waals surface area contributed by atoms with Crippen LogP contribution in [0, 0.1) is 6.92 Å². The van der Waals surface area contributed by atoms with Crippen LogP contribution in [-0.4, -0.2) is 55.2 Å². The molecule has 0 bridgehead atoms. The fourth-order valence-corrected chi connectivity index (χ4v) is 5.20. The van der Waals surface area contributed by atoms with Gasteiger partial charge in [0.1, 0.15) is 0 Å². The van der Waals surface area contributed by atoms with Crippen LogP contribution in [0.1, 0.15) is 22.3 Å². The van der Waals surface area contributed by atoms with Gasteiger partial charge in [0.25, 0.3) is 5.91 Å². The Bertz CT molecular complexity index is 1060. The molecule has 31 heavy (non-hydrogen) atoms. The van der Waals surface area contributed by atoms with Gasteiger partial charge in [0.05, 0.1) is 29.0 Å². The van der Waals surface area contributed by atoms with Gasteiger partial charge in [-0.05, 0) is 59.1 Å². The molecule has 1 aliphatic rings. The fourth-order valence-electron chi connectivity index (χ4n) is 3.55. The van der Waals surface area contributed by atoms with Gasteiger partial charge in [0.15, 0.2) is 5.13 Å². The number of aromatic nitrogens is 1. The van der Waals surface area contributed by atoms with E-state index in [0.29, 0.717) is 22.3 Å². The van der Waals surface area contributed by atoms with E-state index in [-0.39, 0.29) is 18.3 Å². The molecule has 0 saturated carbocycles. The van der Waals surface area contributed by atoms with E-state index in [4.69, 9.17) is 21.3 Å². The van der Waals surface area contributed by atoms with E-state index in [9.17, 15) is 4.79 Å². The predicted octanol–water partition coefficient (Wildman–Crippen LogP) is 5.81. The van der Waals surface area contributed by atoms with Gasteiger partial charge in [-0.2, -0.15) is 0 Å². The highest BCUT2D eigenvalue weighted by molar-refractivity contribution is 9.10. The number of amides is 1. The molecule has 0 spiro atoms. The Kier molecular flexibility index (Phi) is 8.73. The Hall–Kier alpha value is -1.22. The number of aryl methyl sites for hydroxylation is 1. The zero-order valence-corrected chi connectivity index (χ0v) is 21.1. The Morgan fingerprint density at radius 1 is 1.26 bits per heavy atom. The van der Waals surface area contributed by atoms with Crippen molar-refractivity contribution in [3.8, 4) is 0 Å². The van der Waals surface area contributed by atoms with Crippen LogP contribution >= 0.6 is 51.3 Å². The van der Waals surface area contributed by atoms with Gasteiger partial charge in [-0.1, -0.05) is 35.1 Å². The molecular weight excluding hydrogens is 521 g/mol. The van der Waals surface area contributed by atoms with Crippen molar-refractivity contribution in [3.05, 3.63) is 57.0 Å². The monoisotopic (exact) mass is 543 g/mol. The maximum atomic E-state index is 13.5. The molecule has 5 nitrogen and oxygen atoms in total. The lowest BCUT2D eigenvalue weighted by Crippen LogP contribution is -2.39. The van der Waals surface area contributed by atoms with Gasteiger partial charge in [0.2, 0.25) is 0 Å². The summed E-state index contributed by atoms with van der Waals surface area (Å²) >= 11 is 11.3. The molecule has 1 aliphatic heterocycles. The van der Waals surface area contributed by atoms with E-state index in [0.717, 1.165) is 59.5 Å². The fraction of sp³-hybridized carbons (Fsp3) is 0.364. The number of morpholine rings is 1. The van der Waals surface area contributed by atoms with Gasteiger partial charge in [-0.25, -0.2) is 4.98 Å². The predicted molar refractivity (Wildman–Crippen MR) is 134 cm³/mol. The van der Waals surface area contributed by atoms with E-state index in [1.807, 2.05) is 43.3 Å². The van der Waals surface area contributed by atoms with Crippen molar-refractivity contribution < 1.29 is 9.53 Å². The minimum Gasteiger partial charge on any atom is -0.379 e. The molecule has 166 valence electrons. The van der Waals surface area contributed by atoms with E-state index in [2.05, 4.69) is 20.8 Å². The first-order valence-electron chi connectivity index (χ1n) is 9.97. The molecule has 2 heterocycles. The molecule has 9 heteroatoms. The van der Waals surface area contributed by atoms with E-state index >= 15 is 0 Å². The largest absolute Gasteiger partial charge is 0.379 e. The third kappa shape index (κ3) is 5.59. The summed E-state index contributed by atoms with van der Waals surface area (Å²) in [6.45, 7) is 6.93. The maximum Gasteiger partial charge on any atom is 0.261 e. The van der Waals surface area contributed by atoms with Crippen LogP contribution in [-0.2, 0) is 4.74 Å². The second-order valence-electron chi connectivity index (χ2n) is 7.26. The molecule has 1 fully saturated rings. The number of halogens is 3. The summed E-state index contributed by atoms with van der Waals surface area (Å²) in [7, 11) is 0. The van der Waals surface area contributed by atoms with Crippen LogP contribution in [0.15, 0.2) is 40.9 Å². The SMILES string of the molecule is Cc1c(Cl)ccc2sc(N(CCCN3CCOCC3)C(=O)c3ccccc3Br)nc12.Cl. The number of hydrogen-bond donors (Lipinski definition) is 0. The molecule has 0 aliphatic carbocycles. The van der Waals surface area contributed by atoms with Gasteiger partial charge in [0, 0.05) is 35.7 Å². The van der Waals surface area contributed by atoms with E-state index < -0.39 is 0 Å². The van der Waals surface area contributed by atoms with Crippen LogP contribution in [0.2, 0.25) is 5.02 Å². The zero-order valence-electron chi connectivity index (χ0n) is 17.1. The summed E-state index contributed by atoms with van der Waals surface area (Å²) in [6.07, 6.45) is 0.867. The summed E-state index contributed by atoms with van der Waals surface area (Å²) < 4.78 is 7.25. The molecular formula is C22H24BrCl2N3O2S. The standard InChI is InChI=1S/C22H23BrClN3O2S.ClH/c1-15-18(24)7-8-19-20(15)25-22(30-19)27(10-4-9-26-11-13-29-14-12-26)21(28)16-5-2-3-6-17(16)23;/h2-3,5-8H,4,9-14H2,1H3;1H. The smallest absolute Gasteiger partial charge is 0.261 e. The van der Waals surface area contributed by atoms with Crippen molar-refractivity contribution in [2.75, 3.05) is 44.3 Å². The van der Waals surface area contributed by atoms with Crippen LogP contribution in [0.25, 0.3) is 10.2 Å². The van der Waals surface area contributed by atoms with Gasteiger partial charge in [-0.15, -0.1) is 12.4 Å². The number of carbonyl (C=O) groups is 1. The highest BCUT2D eigenvalue weighted by Crippen LogP contribution is 2.34. The number of ether oxygens (including phenoxy) is 1. The van der Waals surface area contributed by atoms with Gasteiger partial charge in [-0.3, -0.25) is 14.6 Å². The van der Waals surface area contributed by atoms with Crippen molar-refractivity contribution in [1.29, 1.82) is 0 Å². The lowest BCUT2D eigenvalue weighted by molar-refractivity contribution is 0.0376. The first kappa shape index (κ1) is 24.4. The maximum absolute atomic E-state index is 13.5. The summed E-state index contributed by atoms with van der Waals surface area (Å²) in [5, 5.41) is 1.40. The summed E-state index contributed by atoms with van der Waals surface area (Å²) in [5.41, 5.74) is 2.44. The molecule has 4 rings (SSSR count). The Morgan fingerprint density at radius 2 is 2.00 bits per heavy atom. The van der Waals surface area contributed by atoms with Crippen LogP contribution in [0.5, 0.6) is 0 Å². The summed E-state index contributed by atoms with van der Waals surface area (Å²) in [5.74, 6) is -0.0488. The quantitative estimate of drug-likeness (QED) is 0.392. The van der Waals surface area contributed by atoms with Gasteiger partial charge >= 0.3 is 0 Å². The number of fused-ring (bicyclic) bond motifs is 1. The second kappa shape index (κ2) is 11.1. The molecule has 0 N–H and O–H groups in total. The Labute approximate surface area is 205 Å². The minimum atomic E-state index is -0.0488. The third-order valence-electron chi connectivity index (χ3n) is 5.28. The number of nitrogens with zero attached hydrogens (tertiary/aromatic N) is 3. The molecule has 0 unspecified atom stereocenters. The lowest BCUT2D eigenvalue weighted by atomic mass is 10.2. The Morgan fingerprint density at radius 3 is 2.74 bits per heavy atom. The molecule has 0 atom stereocenters. The van der Waals surface area contributed by atoms with Crippen molar-refractivity contribution >= 4 is 72.5 Å². The average molecular weight is 545 g/mol. The number of thiazole rings is 1. The van der Waals surface area contributed by atoms with Crippen LogP contribution < -0.4 is 4.90 Å². The first-order chi connectivity index (χ1) is 14.5. The number of rotatable bonds is 6. The van der Waals surface area contributed by atoms with Crippen molar-refractivity contribution in [2.24, 2.45) is 0 Å². The van der Waals surface area contributed by atoms with E-state index in [1.54, 1.807) is 4.90 Å². The molecule has 1 aromatic heterocycles. The molecule has 0 radical (unpaired) electrons. The zero-order chi connectivity index (χ0) is 21.1. The first-order valence-corrected chi connectivity index (χ1v) is 12.0. The third-order valence-corrected chi connectivity index (χ3v) is 7.42. The van der Waals surface area contributed by atoms with E-state index in [1.165, 1.54) is 11.3 Å². The molecule has 1 amide bonds. The minimum absolute atomic E-state index is 0. The number of hydrogen-bond acceptors (Lipinski definition) is 5. The summed E-state index contributed by atoms with van der Waals surface area (Å²) in [6, 6.07) is 11.4. The second-order valence-corrected chi connectivity index (χ2v) is 9.53. The molecule has 3 aromatic rings. The molecule has 1 saturated heterocycles. The normalized spacial score (nSPS) is 14.4. The number of anilines is 1. The van der Waals surface area contributed by atoms with Crippen molar-refractivity contribution in [2.45, 2.75) is 13.3 Å². The van der Waals surface area contributed by atoms with Crippen LogP contribution in [0.4, 0.5) is 5.13 Å². The lowest BCUT2D eigenvalue weighted by Gasteiger charge is -2.27. The molecule has 2 aromatic carbocycles. The number of carbonyl (C=O) groups excluding carboxylic acids is 1. The number of benzene rings is 2. The van der Waals surface area contributed by atoms with Crippen molar-refractivity contribution in [3.63, 3.8) is 0 Å². The average Bonchev–Trinajstić information content (AvgIpc) is 3.19.